The van der Waals surface area contributed by atoms with Gasteiger partial charge in [0.15, 0.2) is 0 Å². The van der Waals surface area contributed by atoms with Crippen LogP contribution < -0.4 is 5.32 Å². The van der Waals surface area contributed by atoms with Crippen LogP contribution >= 0.6 is 11.8 Å². The molecule has 4 nitrogen and oxygen atoms in total. The van der Waals surface area contributed by atoms with E-state index in [4.69, 9.17) is 5.11 Å². The molecule has 5 heteroatoms. The monoisotopic (exact) mass is 227 g/mol. The zero-order valence-electron chi connectivity index (χ0n) is 8.40. The lowest BCUT2D eigenvalue weighted by atomic mass is 10.3. The van der Waals surface area contributed by atoms with Gasteiger partial charge in [-0.2, -0.15) is 0 Å². The van der Waals surface area contributed by atoms with Crippen LogP contribution in [0.3, 0.4) is 0 Å². The zero-order valence-corrected chi connectivity index (χ0v) is 9.21. The first-order chi connectivity index (χ1) is 7.27. The van der Waals surface area contributed by atoms with Crippen molar-refractivity contribution in [3.63, 3.8) is 0 Å². The number of ether oxygens (including phenoxy) is 1. The van der Waals surface area contributed by atoms with Gasteiger partial charge in [0.1, 0.15) is 6.61 Å². The third kappa shape index (κ3) is 3.81. The van der Waals surface area contributed by atoms with Gasteiger partial charge in [-0.05, 0) is 18.4 Å². The highest BCUT2D eigenvalue weighted by molar-refractivity contribution is 7.98. The van der Waals surface area contributed by atoms with Gasteiger partial charge in [-0.3, -0.25) is 5.32 Å². The third-order valence-electron chi connectivity index (χ3n) is 1.67. The molecule has 0 radical (unpaired) electrons. The predicted octanol–water partition coefficient (Wildman–Crippen LogP) is 1.95. The summed E-state index contributed by atoms with van der Waals surface area (Å²) in [5, 5.41) is 11.1. The van der Waals surface area contributed by atoms with E-state index < -0.39 is 6.09 Å². The Bertz CT molecular complexity index is 330. The van der Waals surface area contributed by atoms with Crippen molar-refractivity contribution >= 4 is 23.5 Å². The molecule has 0 saturated carbocycles. The normalized spacial score (nSPS) is 9.73. The van der Waals surface area contributed by atoms with Crippen LogP contribution in [0, 0.1) is 0 Å². The van der Waals surface area contributed by atoms with Gasteiger partial charge in [0, 0.05) is 4.90 Å². The van der Waals surface area contributed by atoms with Gasteiger partial charge in [0.25, 0.3) is 0 Å². The molecule has 0 saturated heterocycles. The number of anilines is 1. The molecule has 1 rings (SSSR count). The van der Waals surface area contributed by atoms with Crippen LogP contribution in [0.4, 0.5) is 10.5 Å². The molecule has 0 aromatic heterocycles. The fourth-order valence-corrected chi connectivity index (χ4v) is 1.59. The Labute approximate surface area is 92.6 Å². The lowest BCUT2D eigenvalue weighted by Gasteiger charge is -2.08. The highest BCUT2D eigenvalue weighted by atomic mass is 32.2. The van der Waals surface area contributed by atoms with Gasteiger partial charge in [-0.15, -0.1) is 11.8 Å². The van der Waals surface area contributed by atoms with Crippen LogP contribution in [-0.2, 0) is 4.74 Å². The molecule has 0 bridgehead atoms. The molecule has 0 atom stereocenters. The number of para-hydroxylation sites is 1. The minimum atomic E-state index is -0.550. The maximum absolute atomic E-state index is 11.2. The summed E-state index contributed by atoms with van der Waals surface area (Å²) in [5.41, 5.74) is 0.716. The molecule has 0 aliphatic carbocycles. The highest BCUT2D eigenvalue weighted by Gasteiger charge is 2.05. The van der Waals surface area contributed by atoms with Crippen LogP contribution in [0.2, 0.25) is 0 Å². The number of carbonyl (C=O) groups excluding carboxylic acids is 1. The van der Waals surface area contributed by atoms with E-state index in [1.807, 2.05) is 24.5 Å². The van der Waals surface area contributed by atoms with E-state index in [9.17, 15) is 4.79 Å². The summed E-state index contributed by atoms with van der Waals surface area (Å²) in [6.45, 7) is -0.162. The Hall–Kier alpha value is -1.20. The van der Waals surface area contributed by atoms with Crippen molar-refractivity contribution < 1.29 is 14.6 Å². The summed E-state index contributed by atoms with van der Waals surface area (Å²) in [7, 11) is 0. The molecule has 0 heterocycles. The zero-order chi connectivity index (χ0) is 11.1. The molecule has 0 aliphatic heterocycles. The van der Waals surface area contributed by atoms with Crippen molar-refractivity contribution in [2.24, 2.45) is 0 Å². The number of thioether (sulfide) groups is 1. The first kappa shape index (κ1) is 11.9. The molecule has 0 unspecified atom stereocenters. The number of carbonyl (C=O) groups is 1. The number of hydrogen-bond acceptors (Lipinski definition) is 4. The summed E-state index contributed by atoms with van der Waals surface area (Å²) in [6.07, 6.45) is 1.38. The van der Waals surface area contributed by atoms with Gasteiger partial charge in [-0.1, -0.05) is 12.1 Å². The second-order valence-electron chi connectivity index (χ2n) is 2.68. The van der Waals surface area contributed by atoms with E-state index in [1.165, 1.54) is 0 Å². The molecule has 0 spiro atoms. The molecule has 1 aromatic rings. The third-order valence-corrected chi connectivity index (χ3v) is 2.46. The Balaban J connectivity index is 2.59. The second-order valence-corrected chi connectivity index (χ2v) is 3.53. The molecule has 1 aromatic carbocycles. The first-order valence-electron chi connectivity index (χ1n) is 4.45. The largest absolute Gasteiger partial charge is 0.447 e. The molecular formula is C10H13NO3S. The van der Waals surface area contributed by atoms with Crippen molar-refractivity contribution in [3.8, 4) is 0 Å². The topological polar surface area (TPSA) is 58.6 Å². The number of hydrogen-bond donors (Lipinski definition) is 2. The second kappa shape index (κ2) is 6.31. The molecular weight excluding hydrogens is 214 g/mol. The minimum absolute atomic E-state index is 0.00721. The Kier molecular flexibility index (Phi) is 5.00. The van der Waals surface area contributed by atoms with Crippen molar-refractivity contribution in [2.75, 3.05) is 24.8 Å². The standard InChI is InChI=1S/C10H13NO3S/c1-15-9-5-3-2-4-8(9)11-10(13)14-7-6-12/h2-5,12H,6-7H2,1H3,(H,11,13). The number of aliphatic hydroxyl groups is 1. The molecule has 1 amide bonds. The van der Waals surface area contributed by atoms with E-state index >= 15 is 0 Å². The van der Waals surface area contributed by atoms with Gasteiger partial charge in [0.05, 0.1) is 12.3 Å². The van der Waals surface area contributed by atoms with Crippen molar-refractivity contribution in [3.05, 3.63) is 24.3 Å². The van der Waals surface area contributed by atoms with Crippen LogP contribution in [-0.4, -0.2) is 30.7 Å². The smallest absolute Gasteiger partial charge is 0.411 e. The molecule has 15 heavy (non-hydrogen) atoms. The number of amides is 1. The molecule has 0 fully saturated rings. The average Bonchev–Trinajstić information content (AvgIpc) is 2.27. The summed E-state index contributed by atoms with van der Waals surface area (Å²) in [5.74, 6) is 0. The fraction of sp³-hybridized carbons (Fsp3) is 0.300. The minimum Gasteiger partial charge on any atom is -0.447 e. The lowest BCUT2D eigenvalue weighted by molar-refractivity contribution is 0.131. The fourth-order valence-electron chi connectivity index (χ4n) is 1.03. The van der Waals surface area contributed by atoms with Crippen LogP contribution in [0.25, 0.3) is 0 Å². The quantitative estimate of drug-likeness (QED) is 0.772. The van der Waals surface area contributed by atoms with Crippen LogP contribution in [0.5, 0.6) is 0 Å². The van der Waals surface area contributed by atoms with Crippen molar-refractivity contribution in [1.29, 1.82) is 0 Å². The lowest BCUT2D eigenvalue weighted by Crippen LogP contribution is -2.16. The highest BCUT2D eigenvalue weighted by Crippen LogP contribution is 2.24. The maximum atomic E-state index is 11.2. The van der Waals surface area contributed by atoms with Crippen molar-refractivity contribution in [1.82, 2.24) is 0 Å². The number of benzene rings is 1. The first-order valence-corrected chi connectivity index (χ1v) is 5.68. The molecule has 82 valence electrons. The van der Waals surface area contributed by atoms with E-state index in [0.717, 1.165) is 4.90 Å². The number of aliphatic hydroxyl groups excluding tert-OH is 1. The Morgan fingerprint density at radius 1 is 1.53 bits per heavy atom. The summed E-state index contributed by atoms with van der Waals surface area (Å²) in [4.78, 5) is 12.2. The van der Waals surface area contributed by atoms with Gasteiger partial charge in [-0.25, -0.2) is 4.79 Å². The summed E-state index contributed by atoms with van der Waals surface area (Å²) in [6, 6.07) is 7.44. The van der Waals surface area contributed by atoms with Gasteiger partial charge in [0.2, 0.25) is 0 Å². The van der Waals surface area contributed by atoms with Crippen molar-refractivity contribution in [2.45, 2.75) is 4.90 Å². The number of rotatable bonds is 4. The van der Waals surface area contributed by atoms with Crippen LogP contribution in [0.15, 0.2) is 29.2 Å². The van der Waals surface area contributed by atoms with E-state index in [0.29, 0.717) is 5.69 Å². The number of nitrogens with one attached hydrogen (secondary N) is 1. The SMILES string of the molecule is CSc1ccccc1NC(=O)OCCO. The van der Waals surface area contributed by atoms with E-state index in [1.54, 1.807) is 17.8 Å². The van der Waals surface area contributed by atoms with Gasteiger partial charge < -0.3 is 9.84 Å². The summed E-state index contributed by atoms with van der Waals surface area (Å²) < 4.78 is 4.69. The van der Waals surface area contributed by atoms with Crippen LogP contribution in [0.1, 0.15) is 0 Å². The van der Waals surface area contributed by atoms with E-state index in [-0.39, 0.29) is 13.2 Å². The average molecular weight is 227 g/mol. The molecule has 0 aliphatic rings. The van der Waals surface area contributed by atoms with Gasteiger partial charge >= 0.3 is 6.09 Å². The molecule has 2 N–H and O–H groups in total. The Morgan fingerprint density at radius 3 is 2.93 bits per heavy atom. The summed E-state index contributed by atoms with van der Waals surface area (Å²) >= 11 is 1.54. The Morgan fingerprint density at radius 2 is 2.27 bits per heavy atom. The predicted molar refractivity (Wildman–Crippen MR) is 60.3 cm³/mol. The maximum Gasteiger partial charge on any atom is 0.411 e. The van der Waals surface area contributed by atoms with E-state index in [2.05, 4.69) is 10.1 Å².